The van der Waals surface area contributed by atoms with Crippen molar-refractivity contribution in [1.82, 2.24) is 5.32 Å². The van der Waals surface area contributed by atoms with E-state index in [0.717, 1.165) is 11.4 Å². The van der Waals surface area contributed by atoms with Crippen LogP contribution in [0, 0.1) is 6.92 Å². The van der Waals surface area contributed by atoms with E-state index in [2.05, 4.69) is 49.5 Å². The van der Waals surface area contributed by atoms with Crippen LogP contribution in [0.3, 0.4) is 0 Å². The molecule has 0 aromatic heterocycles. The molecule has 0 aliphatic heterocycles. The fraction of sp³-hybridized carbons (Fsp3) is 0.333. The minimum atomic E-state index is 0.183. The summed E-state index contributed by atoms with van der Waals surface area (Å²) < 4.78 is 0. The quantitative estimate of drug-likeness (QED) is 0.824. The highest BCUT2D eigenvalue weighted by molar-refractivity contribution is 6.30. The van der Waals surface area contributed by atoms with Crippen LogP contribution in [0.15, 0.2) is 42.5 Å². The van der Waals surface area contributed by atoms with E-state index < -0.39 is 0 Å². The molecule has 0 amide bonds. The second-order valence-corrected chi connectivity index (χ2v) is 5.71. The van der Waals surface area contributed by atoms with E-state index in [1.165, 1.54) is 28.7 Å². The Morgan fingerprint density at radius 1 is 1.05 bits per heavy atom. The van der Waals surface area contributed by atoms with Crippen molar-refractivity contribution in [2.45, 2.75) is 32.7 Å². The van der Waals surface area contributed by atoms with Crippen molar-refractivity contribution in [3.63, 3.8) is 0 Å². The maximum atomic E-state index is 6.18. The van der Waals surface area contributed by atoms with Gasteiger partial charge in [-0.1, -0.05) is 55.3 Å². The summed E-state index contributed by atoms with van der Waals surface area (Å²) in [6, 6.07) is 15.3. The van der Waals surface area contributed by atoms with Gasteiger partial charge in [0.1, 0.15) is 0 Å². The van der Waals surface area contributed by atoms with Gasteiger partial charge in [-0.05, 0) is 54.8 Å². The molecule has 2 heteroatoms. The number of benzene rings is 2. The SMILES string of the molecule is CCCc1ccc(C(NC)c2cc(C)cc(Cl)c2)cc1. The minimum absolute atomic E-state index is 0.183. The summed E-state index contributed by atoms with van der Waals surface area (Å²) in [5.74, 6) is 0. The average molecular weight is 288 g/mol. The van der Waals surface area contributed by atoms with E-state index in [4.69, 9.17) is 11.6 Å². The van der Waals surface area contributed by atoms with Crippen molar-refractivity contribution in [1.29, 1.82) is 0 Å². The van der Waals surface area contributed by atoms with Gasteiger partial charge in [0.05, 0.1) is 6.04 Å². The second kappa shape index (κ2) is 6.92. The molecule has 2 aromatic carbocycles. The summed E-state index contributed by atoms with van der Waals surface area (Å²) in [6.07, 6.45) is 2.32. The van der Waals surface area contributed by atoms with Gasteiger partial charge in [0.25, 0.3) is 0 Å². The Kier molecular flexibility index (Phi) is 5.22. The molecular weight excluding hydrogens is 266 g/mol. The normalized spacial score (nSPS) is 12.4. The van der Waals surface area contributed by atoms with E-state index in [-0.39, 0.29) is 6.04 Å². The summed E-state index contributed by atoms with van der Waals surface area (Å²) in [6.45, 7) is 4.28. The van der Waals surface area contributed by atoms with Gasteiger partial charge in [-0.2, -0.15) is 0 Å². The first-order valence-corrected chi connectivity index (χ1v) is 7.55. The van der Waals surface area contributed by atoms with Crippen LogP contribution in [-0.4, -0.2) is 7.05 Å². The van der Waals surface area contributed by atoms with Crippen LogP contribution in [0.2, 0.25) is 5.02 Å². The predicted molar refractivity (Wildman–Crippen MR) is 87.5 cm³/mol. The number of aryl methyl sites for hydroxylation is 2. The van der Waals surface area contributed by atoms with E-state index in [0.29, 0.717) is 0 Å². The Hall–Kier alpha value is -1.31. The van der Waals surface area contributed by atoms with Crippen molar-refractivity contribution in [3.8, 4) is 0 Å². The van der Waals surface area contributed by atoms with E-state index >= 15 is 0 Å². The topological polar surface area (TPSA) is 12.0 Å². The van der Waals surface area contributed by atoms with Gasteiger partial charge in [-0.15, -0.1) is 0 Å². The van der Waals surface area contributed by atoms with E-state index in [1.807, 2.05) is 19.2 Å². The van der Waals surface area contributed by atoms with Crippen LogP contribution in [0.4, 0.5) is 0 Å². The highest BCUT2D eigenvalue weighted by Crippen LogP contribution is 2.26. The van der Waals surface area contributed by atoms with Crippen molar-refractivity contribution in [3.05, 3.63) is 69.7 Å². The third-order valence-corrected chi connectivity index (χ3v) is 3.76. The Labute approximate surface area is 127 Å². The van der Waals surface area contributed by atoms with Crippen LogP contribution < -0.4 is 5.32 Å². The molecule has 0 saturated carbocycles. The van der Waals surface area contributed by atoms with Crippen LogP contribution in [-0.2, 0) is 6.42 Å². The summed E-state index contributed by atoms with van der Waals surface area (Å²) in [7, 11) is 1.99. The molecule has 0 radical (unpaired) electrons. The number of hydrogen-bond donors (Lipinski definition) is 1. The zero-order chi connectivity index (χ0) is 14.5. The molecule has 2 rings (SSSR count). The highest BCUT2D eigenvalue weighted by Gasteiger charge is 2.12. The Balaban J connectivity index is 2.31. The van der Waals surface area contributed by atoms with E-state index in [9.17, 15) is 0 Å². The maximum Gasteiger partial charge on any atom is 0.0574 e. The van der Waals surface area contributed by atoms with Crippen LogP contribution in [0.5, 0.6) is 0 Å². The number of rotatable bonds is 5. The lowest BCUT2D eigenvalue weighted by Crippen LogP contribution is -2.17. The molecule has 0 heterocycles. The smallest absolute Gasteiger partial charge is 0.0574 e. The molecule has 1 nitrogen and oxygen atoms in total. The van der Waals surface area contributed by atoms with Crippen molar-refractivity contribution < 1.29 is 0 Å². The van der Waals surface area contributed by atoms with Gasteiger partial charge in [0.2, 0.25) is 0 Å². The Morgan fingerprint density at radius 3 is 2.30 bits per heavy atom. The third kappa shape index (κ3) is 3.62. The number of halogens is 1. The van der Waals surface area contributed by atoms with Gasteiger partial charge in [0.15, 0.2) is 0 Å². The number of nitrogens with one attached hydrogen (secondary N) is 1. The van der Waals surface area contributed by atoms with Crippen LogP contribution in [0.1, 0.15) is 41.6 Å². The summed E-state index contributed by atoms with van der Waals surface area (Å²) in [5, 5.41) is 4.18. The molecule has 20 heavy (non-hydrogen) atoms. The minimum Gasteiger partial charge on any atom is -0.309 e. The number of hydrogen-bond acceptors (Lipinski definition) is 1. The van der Waals surface area contributed by atoms with Crippen molar-refractivity contribution in [2.75, 3.05) is 7.05 Å². The van der Waals surface area contributed by atoms with Gasteiger partial charge in [-0.25, -0.2) is 0 Å². The largest absolute Gasteiger partial charge is 0.309 e. The van der Waals surface area contributed by atoms with Gasteiger partial charge >= 0.3 is 0 Å². The molecule has 106 valence electrons. The zero-order valence-electron chi connectivity index (χ0n) is 12.4. The Morgan fingerprint density at radius 2 is 1.75 bits per heavy atom. The van der Waals surface area contributed by atoms with Crippen molar-refractivity contribution in [2.24, 2.45) is 0 Å². The predicted octanol–water partition coefficient (Wildman–Crippen LogP) is 4.91. The standard InChI is InChI=1S/C18H22ClN/c1-4-5-14-6-8-15(9-7-14)18(20-3)16-10-13(2)11-17(19)12-16/h6-12,18,20H,4-5H2,1-3H3. The lowest BCUT2D eigenvalue weighted by molar-refractivity contribution is 0.691. The van der Waals surface area contributed by atoms with Crippen LogP contribution in [0.25, 0.3) is 0 Å². The molecule has 0 saturated heterocycles. The van der Waals surface area contributed by atoms with Crippen molar-refractivity contribution >= 4 is 11.6 Å². The van der Waals surface area contributed by atoms with Gasteiger partial charge in [0, 0.05) is 5.02 Å². The molecular formula is C18H22ClN. The molecule has 0 fully saturated rings. The summed E-state index contributed by atoms with van der Waals surface area (Å²) in [4.78, 5) is 0. The van der Waals surface area contributed by atoms with Gasteiger partial charge in [-0.3, -0.25) is 0 Å². The third-order valence-electron chi connectivity index (χ3n) is 3.54. The molecule has 1 unspecified atom stereocenters. The Bertz CT molecular complexity index is 540. The first-order valence-electron chi connectivity index (χ1n) is 7.17. The van der Waals surface area contributed by atoms with Gasteiger partial charge < -0.3 is 5.32 Å². The average Bonchev–Trinajstić information content (AvgIpc) is 2.41. The monoisotopic (exact) mass is 287 g/mol. The molecule has 1 N–H and O–H groups in total. The fourth-order valence-corrected chi connectivity index (χ4v) is 2.92. The first-order chi connectivity index (χ1) is 9.63. The summed E-state index contributed by atoms with van der Waals surface area (Å²) in [5.41, 5.74) is 5.07. The maximum absolute atomic E-state index is 6.18. The molecule has 0 aliphatic rings. The highest BCUT2D eigenvalue weighted by atomic mass is 35.5. The molecule has 1 atom stereocenters. The van der Waals surface area contributed by atoms with E-state index in [1.54, 1.807) is 0 Å². The molecule has 0 spiro atoms. The van der Waals surface area contributed by atoms with Crippen LogP contribution >= 0.6 is 11.6 Å². The summed E-state index contributed by atoms with van der Waals surface area (Å²) >= 11 is 6.18. The fourth-order valence-electron chi connectivity index (χ4n) is 2.62. The molecule has 0 bridgehead atoms. The molecule has 2 aromatic rings. The molecule has 0 aliphatic carbocycles. The first kappa shape index (κ1) is 15.1. The zero-order valence-corrected chi connectivity index (χ0v) is 13.2. The second-order valence-electron chi connectivity index (χ2n) is 5.28. The lowest BCUT2D eigenvalue weighted by atomic mass is 9.96. The lowest BCUT2D eigenvalue weighted by Gasteiger charge is -2.18.